The molecule has 110 valence electrons. The Morgan fingerprint density at radius 2 is 1.85 bits per heavy atom. The van der Waals surface area contributed by atoms with Gasteiger partial charge in [0.05, 0.1) is 6.61 Å². The number of halogens is 1. The highest BCUT2D eigenvalue weighted by Gasteiger charge is 2.25. The highest BCUT2D eigenvalue weighted by Crippen LogP contribution is 2.33. The van der Waals surface area contributed by atoms with Crippen LogP contribution in [0.3, 0.4) is 0 Å². The smallest absolute Gasteiger partial charge is 0.122 e. The fourth-order valence-electron chi connectivity index (χ4n) is 3.23. The zero-order valence-electron chi connectivity index (χ0n) is 11.9. The molecule has 1 saturated heterocycles. The largest absolute Gasteiger partial charge is 0.493 e. The molecule has 0 bridgehead atoms. The summed E-state index contributed by atoms with van der Waals surface area (Å²) in [4.78, 5) is 5.17. The van der Waals surface area contributed by atoms with Gasteiger partial charge < -0.3 is 9.64 Å². The highest BCUT2D eigenvalue weighted by atomic mass is 79.9. The monoisotopic (exact) mass is 338 g/mol. The van der Waals surface area contributed by atoms with E-state index in [9.17, 15) is 0 Å². The van der Waals surface area contributed by atoms with Crippen LogP contribution < -0.4 is 4.74 Å². The van der Waals surface area contributed by atoms with Crippen molar-refractivity contribution < 1.29 is 4.74 Å². The molecule has 3 nitrogen and oxygen atoms in total. The second-order valence-corrected chi connectivity index (χ2v) is 6.50. The molecule has 0 amide bonds. The van der Waals surface area contributed by atoms with Gasteiger partial charge in [-0.2, -0.15) is 0 Å². The number of alkyl halides is 1. The van der Waals surface area contributed by atoms with Gasteiger partial charge in [-0.15, -0.1) is 0 Å². The van der Waals surface area contributed by atoms with Crippen LogP contribution in [0.15, 0.2) is 24.3 Å². The normalized spacial score (nSPS) is 24.1. The van der Waals surface area contributed by atoms with E-state index in [1.165, 1.54) is 44.8 Å². The molecular formula is C16H23BrN2O. The minimum Gasteiger partial charge on any atom is -0.493 e. The maximum Gasteiger partial charge on any atom is 0.122 e. The number of ether oxygens (including phenoxy) is 1. The number of piperazine rings is 1. The molecule has 0 radical (unpaired) electrons. The van der Waals surface area contributed by atoms with Crippen LogP contribution in [0, 0.1) is 0 Å². The molecule has 1 unspecified atom stereocenters. The van der Waals surface area contributed by atoms with E-state index in [0.717, 1.165) is 24.1 Å². The van der Waals surface area contributed by atoms with Crippen molar-refractivity contribution in [1.82, 2.24) is 9.80 Å². The van der Waals surface area contributed by atoms with Crippen molar-refractivity contribution >= 4 is 15.9 Å². The molecule has 0 N–H and O–H groups in total. The van der Waals surface area contributed by atoms with Gasteiger partial charge in [-0.1, -0.05) is 34.1 Å². The van der Waals surface area contributed by atoms with Gasteiger partial charge in [0.2, 0.25) is 0 Å². The Labute approximate surface area is 130 Å². The van der Waals surface area contributed by atoms with E-state index in [2.05, 4.69) is 50.0 Å². The van der Waals surface area contributed by atoms with Gasteiger partial charge in [0.25, 0.3) is 0 Å². The molecule has 20 heavy (non-hydrogen) atoms. The number of hydrogen-bond acceptors (Lipinski definition) is 3. The van der Waals surface area contributed by atoms with Crippen LogP contribution in [-0.2, 0) is 0 Å². The number of nitrogens with zero attached hydrogens (tertiary/aromatic N) is 2. The van der Waals surface area contributed by atoms with Gasteiger partial charge >= 0.3 is 0 Å². The van der Waals surface area contributed by atoms with Crippen LogP contribution >= 0.6 is 15.9 Å². The SMILES string of the molecule is BrCCN1CCN(CC2CCOc3ccccc32)CC1. The lowest BCUT2D eigenvalue weighted by atomic mass is 9.92. The first-order valence-electron chi connectivity index (χ1n) is 7.59. The van der Waals surface area contributed by atoms with Crippen molar-refractivity contribution in [1.29, 1.82) is 0 Å². The Hall–Kier alpha value is -0.580. The van der Waals surface area contributed by atoms with Crippen molar-refractivity contribution in [3.63, 3.8) is 0 Å². The lowest BCUT2D eigenvalue weighted by molar-refractivity contribution is 0.125. The lowest BCUT2D eigenvalue weighted by Crippen LogP contribution is -2.48. The van der Waals surface area contributed by atoms with Crippen LogP contribution in [0.1, 0.15) is 17.9 Å². The van der Waals surface area contributed by atoms with Gasteiger partial charge in [-0.3, -0.25) is 4.90 Å². The van der Waals surface area contributed by atoms with Crippen LogP contribution in [0.2, 0.25) is 0 Å². The first kappa shape index (κ1) is 14.4. The van der Waals surface area contributed by atoms with Gasteiger partial charge in [-0.05, 0) is 18.1 Å². The van der Waals surface area contributed by atoms with E-state index in [1.807, 2.05) is 0 Å². The maximum absolute atomic E-state index is 5.76. The standard InChI is InChI=1S/C16H23BrN2O/c17-6-7-18-8-10-19(11-9-18)13-14-5-12-20-16-4-2-1-3-15(14)16/h1-4,14H,5-13H2. The van der Waals surface area contributed by atoms with Crippen LogP contribution in [0.5, 0.6) is 5.75 Å². The Kier molecular flexibility index (Phi) is 4.97. The number of benzene rings is 1. The predicted octanol–water partition coefficient (Wildman–Crippen LogP) is 2.57. The number of fused-ring (bicyclic) bond motifs is 1. The lowest BCUT2D eigenvalue weighted by Gasteiger charge is -2.37. The van der Waals surface area contributed by atoms with Gasteiger partial charge in [0.1, 0.15) is 5.75 Å². The summed E-state index contributed by atoms with van der Waals surface area (Å²) in [5.74, 6) is 1.74. The van der Waals surface area contributed by atoms with E-state index in [1.54, 1.807) is 0 Å². The number of hydrogen-bond donors (Lipinski definition) is 0. The summed E-state index contributed by atoms with van der Waals surface area (Å²) in [5.41, 5.74) is 1.40. The van der Waals surface area contributed by atoms with Crippen molar-refractivity contribution in [3.8, 4) is 5.75 Å². The molecule has 4 heteroatoms. The molecule has 0 saturated carbocycles. The number of para-hydroxylation sites is 1. The highest BCUT2D eigenvalue weighted by molar-refractivity contribution is 9.09. The van der Waals surface area contributed by atoms with E-state index >= 15 is 0 Å². The minimum atomic E-state index is 0.641. The summed E-state index contributed by atoms with van der Waals surface area (Å²) in [6, 6.07) is 8.55. The van der Waals surface area contributed by atoms with Crippen molar-refractivity contribution in [2.75, 3.05) is 51.2 Å². The molecule has 3 rings (SSSR count). The average Bonchev–Trinajstić information content (AvgIpc) is 2.50. The number of rotatable bonds is 4. The Morgan fingerprint density at radius 3 is 2.65 bits per heavy atom. The molecule has 2 aliphatic heterocycles. The van der Waals surface area contributed by atoms with E-state index < -0.39 is 0 Å². The van der Waals surface area contributed by atoms with Gasteiger partial charge in [0, 0.05) is 50.5 Å². The van der Waals surface area contributed by atoms with Crippen LogP contribution in [-0.4, -0.2) is 61.0 Å². The maximum atomic E-state index is 5.76. The fourth-order valence-corrected chi connectivity index (χ4v) is 3.73. The predicted molar refractivity (Wildman–Crippen MR) is 86.0 cm³/mol. The third-order valence-electron chi connectivity index (χ3n) is 4.43. The van der Waals surface area contributed by atoms with E-state index in [0.29, 0.717) is 5.92 Å². The van der Waals surface area contributed by atoms with Gasteiger partial charge in [-0.25, -0.2) is 0 Å². The Bertz CT molecular complexity index is 432. The van der Waals surface area contributed by atoms with Crippen molar-refractivity contribution in [2.45, 2.75) is 12.3 Å². The Balaban J connectivity index is 1.57. The molecule has 0 aliphatic carbocycles. The molecule has 2 heterocycles. The summed E-state index contributed by atoms with van der Waals surface area (Å²) in [6.07, 6.45) is 1.15. The molecule has 1 fully saturated rings. The van der Waals surface area contributed by atoms with Gasteiger partial charge in [0.15, 0.2) is 0 Å². The first-order valence-corrected chi connectivity index (χ1v) is 8.71. The zero-order valence-corrected chi connectivity index (χ0v) is 13.5. The third kappa shape index (κ3) is 3.35. The van der Waals surface area contributed by atoms with E-state index in [4.69, 9.17) is 4.74 Å². The van der Waals surface area contributed by atoms with Crippen LogP contribution in [0.25, 0.3) is 0 Å². The molecule has 1 atom stereocenters. The van der Waals surface area contributed by atoms with Crippen molar-refractivity contribution in [3.05, 3.63) is 29.8 Å². The summed E-state index contributed by atoms with van der Waals surface area (Å²) in [5, 5.41) is 1.08. The first-order chi connectivity index (χ1) is 9.86. The molecule has 1 aromatic carbocycles. The molecule has 2 aliphatic rings. The molecule has 1 aromatic rings. The molecule has 0 aromatic heterocycles. The quantitative estimate of drug-likeness (QED) is 0.784. The third-order valence-corrected chi connectivity index (χ3v) is 4.78. The molecular weight excluding hydrogens is 316 g/mol. The summed E-state index contributed by atoms with van der Waals surface area (Å²) < 4.78 is 5.76. The average molecular weight is 339 g/mol. The fraction of sp³-hybridized carbons (Fsp3) is 0.625. The van der Waals surface area contributed by atoms with Crippen molar-refractivity contribution in [2.24, 2.45) is 0 Å². The summed E-state index contributed by atoms with van der Waals surface area (Å²) in [6.45, 7) is 8.04. The Morgan fingerprint density at radius 1 is 1.10 bits per heavy atom. The summed E-state index contributed by atoms with van der Waals surface area (Å²) in [7, 11) is 0. The second-order valence-electron chi connectivity index (χ2n) is 5.70. The topological polar surface area (TPSA) is 15.7 Å². The second kappa shape index (κ2) is 6.92. The zero-order chi connectivity index (χ0) is 13.8. The van der Waals surface area contributed by atoms with Crippen LogP contribution in [0.4, 0.5) is 0 Å². The minimum absolute atomic E-state index is 0.641. The van der Waals surface area contributed by atoms with E-state index in [-0.39, 0.29) is 0 Å². The summed E-state index contributed by atoms with van der Waals surface area (Å²) >= 11 is 3.53. The molecule has 0 spiro atoms.